The van der Waals surface area contributed by atoms with Gasteiger partial charge in [-0.15, -0.1) is 0 Å². The van der Waals surface area contributed by atoms with E-state index in [-0.39, 0.29) is 18.4 Å². The average Bonchev–Trinajstić information content (AvgIpc) is 2.64. The fourth-order valence-electron chi connectivity index (χ4n) is 2.80. The molecule has 0 spiro atoms. The van der Waals surface area contributed by atoms with Crippen LogP contribution in [0.4, 0.5) is 0 Å². The van der Waals surface area contributed by atoms with Gasteiger partial charge in [0.1, 0.15) is 17.4 Å². The largest absolute Gasteiger partial charge is 0.468 e. The molecule has 0 bridgehead atoms. The summed E-state index contributed by atoms with van der Waals surface area (Å²) in [6.45, 7) is 0.565. The number of carbonyl (C=O) groups is 2. The van der Waals surface area contributed by atoms with Crippen molar-refractivity contribution in [3.63, 3.8) is 0 Å². The van der Waals surface area contributed by atoms with E-state index in [1.165, 1.54) is 21.3 Å². The number of benzene rings is 1. The third kappa shape index (κ3) is 3.91. The zero-order chi connectivity index (χ0) is 17.5. The lowest BCUT2D eigenvalue weighted by Crippen LogP contribution is -2.39. The van der Waals surface area contributed by atoms with Gasteiger partial charge >= 0.3 is 11.9 Å². The smallest absolute Gasteiger partial charge is 0.352 e. The molecule has 1 aliphatic rings. The Bertz CT molecular complexity index is 627. The summed E-state index contributed by atoms with van der Waals surface area (Å²) in [5.74, 6) is -1.53. The number of hydrogen-bond acceptors (Lipinski definition) is 7. The van der Waals surface area contributed by atoms with Crippen LogP contribution in [0.3, 0.4) is 0 Å². The number of rotatable bonds is 6. The predicted molar refractivity (Wildman–Crippen MR) is 86.1 cm³/mol. The van der Waals surface area contributed by atoms with Crippen LogP contribution >= 0.6 is 0 Å². The highest BCUT2D eigenvalue weighted by Gasteiger charge is 2.40. The van der Waals surface area contributed by atoms with Crippen molar-refractivity contribution in [2.24, 2.45) is 10.9 Å². The summed E-state index contributed by atoms with van der Waals surface area (Å²) in [6, 6.07) is 7.35. The molecule has 0 saturated heterocycles. The zero-order valence-electron chi connectivity index (χ0n) is 14.0. The quantitative estimate of drug-likeness (QED) is 0.579. The van der Waals surface area contributed by atoms with E-state index in [9.17, 15) is 9.59 Å². The van der Waals surface area contributed by atoms with E-state index in [4.69, 9.17) is 18.9 Å². The van der Waals surface area contributed by atoms with Crippen molar-refractivity contribution >= 4 is 17.7 Å². The Morgan fingerprint density at radius 3 is 2.67 bits per heavy atom. The van der Waals surface area contributed by atoms with Crippen LogP contribution in [-0.4, -0.2) is 52.3 Å². The number of methoxy groups -OCH3 is 3. The molecular formula is C17H21NO6. The molecule has 2 atom stereocenters. The molecule has 0 aliphatic carbocycles. The monoisotopic (exact) mass is 335 g/mol. The molecule has 0 fully saturated rings. The van der Waals surface area contributed by atoms with E-state index in [0.29, 0.717) is 18.7 Å². The van der Waals surface area contributed by atoms with E-state index in [2.05, 4.69) is 4.99 Å². The van der Waals surface area contributed by atoms with Crippen LogP contribution in [-0.2, 0) is 23.8 Å². The maximum absolute atomic E-state index is 12.3. The lowest BCUT2D eigenvalue weighted by atomic mass is 9.78. The summed E-state index contributed by atoms with van der Waals surface area (Å²) in [5.41, 5.74) is 0.971. The van der Waals surface area contributed by atoms with Gasteiger partial charge in [0.25, 0.3) is 0 Å². The molecule has 24 heavy (non-hydrogen) atoms. The second kappa shape index (κ2) is 8.44. The van der Waals surface area contributed by atoms with Gasteiger partial charge in [0, 0.05) is 19.6 Å². The fraction of sp³-hybridized carbons (Fsp3) is 0.471. The maximum Gasteiger partial charge on any atom is 0.352 e. The van der Waals surface area contributed by atoms with Crippen LogP contribution in [0.15, 0.2) is 29.3 Å². The van der Waals surface area contributed by atoms with Gasteiger partial charge in [0.2, 0.25) is 0 Å². The lowest BCUT2D eigenvalue weighted by molar-refractivity contribution is -0.145. The molecule has 7 heteroatoms. The van der Waals surface area contributed by atoms with Gasteiger partial charge in [-0.25, -0.2) is 4.79 Å². The van der Waals surface area contributed by atoms with E-state index in [1.54, 1.807) is 6.07 Å². The summed E-state index contributed by atoms with van der Waals surface area (Å²) in [6.07, 6.45) is 0.619. The summed E-state index contributed by atoms with van der Waals surface area (Å²) < 4.78 is 20.0. The summed E-state index contributed by atoms with van der Waals surface area (Å²) in [7, 11) is 4.10. The van der Waals surface area contributed by atoms with Gasteiger partial charge in [-0.3, -0.25) is 9.79 Å². The minimum Gasteiger partial charge on any atom is -0.468 e. The van der Waals surface area contributed by atoms with Crippen molar-refractivity contribution < 1.29 is 28.5 Å². The average molecular weight is 335 g/mol. The Kier molecular flexibility index (Phi) is 6.31. The predicted octanol–water partition coefficient (Wildman–Crippen LogP) is 1.56. The number of nitrogens with zero attached hydrogens (tertiary/aromatic N) is 1. The fourth-order valence-corrected chi connectivity index (χ4v) is 2.80. The number of hydrogen-bond donors (Lipinski definition) is 0. The highest BCUT2D eigenvalue weighted by Crippen LogP contribution is 2.35. The number of carbonyl (C=O) groups excluding carboxylic acids is 2. The molecular weight excluding hydrogens is 314 g/mol. The molecule has 1 heterocycles. The Hall–Kier alpha value is -2.41. The van der Waals surface area contributed by atoms with Crippen molar-refractivity contribution in [1.82, 2.24) is 0 Å². The van der Waals surface area contributed by atoms with Gasteiger partial charge in [-0.1, -0.05) is 12.1 Å². The third-order valence-electron chi connectivity index (χ3n) is 3.90. The normalized spacial score (nSPS) is 20.0. The molecule has 130 valence electrons. The van der Waals surface area contributed by atoms with Crippen LogP contribution in [0, 0.1) is 5.92 Å². The molecule has 0 radical (unpaired) electrons. The summed E-state index contributed by atoms with van der Waals surface area (Å²) in [5, 5.41) is 0. The first-order valence-corrected chi connectivity index (χ1v) is 7.54. The molecule has 7 nitrogen and oxygen atoms in total. The molecule has 0 aromatic heterocycles. The second-order valence-corrected chi connectivity index (χ2v) is 5.28. The van der Waals surface area contributed by atoms with Crippen molar-refractivity contribution in [3.8, 4) is 5.75 Å². The van der Waals surface area contributed by atoms with E-state index < -0.39 is 17.9 Å². The first-order chi connectivity index (χ1) is 11.6. The van der Waals surface area contributed by atoms with Crippen LogP contribution < -0.4 is 4.74 Å². The van der Waals surface area contributed by atoms with Crippen LogP contribution in [0.25, 0.3) is 0 Å². The Labute approximate surface area is 140 Å². The molecule has 2 rings (SSSR count). The number of aliphatic imine (C=N–C) groups is 1. The second-order valence-electron chi connectivity index (χ2n) is 5.28. The Morgan fingerprint density at radius 2 is 2.00 bits per heavy atom. The third-order valence-corrected chi connectivity index (χ3v) is 3.90. The van der Waals surface area contributed by atoms with E-state index in [1.807, 2.05) is 18.2 Å². The van der Waals surface area contributed by atoms with Gasteiger partial charge in [-0.05, 0) is 24.1 Å². The zero-order valence-corrected chi connectivity index (χ0v) is 14.0. The van der Waals surface area contributed by atoms with Crippen LogP contribution in [0.5, 0.6) is 5.75 Å². The minimum absolute atomic E-state index is 0.101. The van der Waals surface area contributed by atoms with Gasteiger partial charge in [0.05, 0.1) is 14.2 Å². The maximum atomic E-state index is 12.3. The van der Waals surface area contributed by atoms with Crippen molar-refractivity contribution in [3.05, 3.63) is 29.8 Å². The molecule has 2 unspecified atom stereocenters. The topological polar surface area (TPSA) is 83.4 Å². The first-order valence-electron chi connectivity index (χ1n) is 7.54. The molecule has 0 N–H and O–H groups in total. The molecule has 0 saturated carbocycles. The van der Waals surface area contributed by atoms with Crippen LogP contribution in [0.1, 0.15) is 17.9 Å². The van der Waals surface area contributed by atoms with E-state index in [0.717, 1.165) is 5.56 Å². The van der Waals surface area contributed by atoms with Crippen LogP contribution in [0.2, 0.25) is 0 Å². The van der Waals surface area contributed by atoms with Gasteiger partial charge in [0.15, 0.2) is 6.79 Å². The SMILES string of the molecule is COCOc1cccc(C2CCN=C(C(=O)OC)C2C(=O)OC)c1. The molecule has 0 amide bonds. The highest BCUT2D eigenvalue weighted by atomic mass is 16.7. The molecule has 1 aromatic carbocycles. The summed E-state index contributed by atoms with van der Waals surface area (Å²) >= 11 is 0. The number of ether oxygens (including phenoxy) is 4. The minimum atomic E-state index is -0.797. The summed E-state index contributed by atoms with van der Waals surface area (Å²) in [4.78, 5) is 28.4. The van der Waals surface area contributed by atoms with Gasteiger partial charge < -0.3 is 18.9 Å². The van der Waals surface area contributed by atoms with Crippen molar-refractivity contribution in [2.45, 2.75) is 12.3 Å². The van der Waals surface area contributed by atoms with E-state index >= 15 is 0 Å². The standard InChI is InChI=1S/C17H21NO6/c1-21-10-24-12-6-4-5-11(9-12)13-7-8-18-15(17(20)23-3)14(13)16(19)22-2/h4-6,9,13-14H,7-8,10H2,1-3H3. The Morgan fingerprint density at radius 1 is 1.21 bits per heavy atom. The lowest BCUT2D eigenvalue weighted by Gasteiger charge is -2.29. The highest BCUT2D eigenvalue weighted by molar-refractivity contribution is 6.41. The molecule has 1 aliphatic heterocycles. The van der Waals surface area contributed by atoms with Crippen molar-refractivity contribution in [2.75, 3.05) is 34.7 Å². The molecule has 1 aromatic rings. The van der Waals surface area contributed by atoms with Crippen molar-refractivity contribution in [1.29, 1.82) is 0 Å². The number of esters is 2. The van der Waals surface area contributed by atoms with Gasteiger partial charge in [-0.2, -0.15) is 0 Å². The first kappa shape index (κ1) is 17.9. The Balaban J connectivity index is 2.35.